The van der Waals surface area contributed by atoms with E-state index in [1.54, 1.807) is 0 Å². The lowest BCUT2D eigenvalue weighted by molar-refractivity contribution is 1.48. The Balaban J connectivity index is 4.57. The molecule has 0 aliphatic rings. The second-order valence-corrected chi connectivity index (χ2v) is 5.75. The minimum Gasteiger partial charge on any atom is -0.0874 e. The SMILES string of the molecule is C/C=C/C(C)=C/C=C/C(C)=C/C=C/C=C(C)/C=C/C=C(C)/C=C/C. The Kier molecular flexibility index (Phi) is 12.9. The maximum Gasteiger partial charge on any atom is -0.0398 e. The molecule has 0 N–H and O–H groups in total. The summed E-state index contributed by atoms with van der Waals surface area (Å²) in [6, 6.07) is 0. The maximum absolute atomic E-state index is 2.11. The molecule has 0 heterocycles. The largest absolute Gasteiger partial charge is 0.0874 e. The first-order valence-electron chi connectivity index (χ1n) is 8.46. The summed E-state index contributed by atoms with van der Waals surface area (Å²) in [7, 11) is 0. The fourth-order valence-corrected chi connectivity index (χ4v) is 1.87. The summed E-state index contributed by atoms with van der Waals surface area (Å²) in [5.74, 6) is 0. The van der Waals surface area contributed by atoms with Gasteiger partial charge in [-0.15, -0.1) is 0 Å². The fourth-order valence-electron chi connectivity index (χ4n) is 1.87. The van der Waals surface area contributed by atoms with Gasteiger partial charge >= 0.3 is 0 Å². The van der Waals surface area contributed by atoms with E-state index in [4.69, 9.17) is 0 Å². The molecule has 24 heavy (non-hydrogen) atoms. The first kappa shape index (κ1) is 21.7. The van der Waals surface area contributed by atoms with Crippen LogP contribution in [0.5, 0.6) is 0 Å². The molecular weight excluding hydrogens is 288 g/mol. The van der Waals surface area contributed by atoms with E-state index in [0.717, 1.165) is 0 Å². The standard InChI is InChI=1S/C24H32/c1-7-13-21(3)17-11-19-23(5)15-9-10-16-24(6)20-12-18-22(4)14-8-2/h7-20H,1-6H3/b10-9+,13-7+,14-8+,19-11+,20-12+,21-17+,22-18+,23-15+,24-16+. The van der Waals surface area contributed by atoms with E-state index >= 15 is 0 Å². The minimum absolute atomic E-state index is 1.22. The summed E-state index contributed by atoms with van der Waals surface area (Å²) in [5.41, 5.74) is 4.95. The predicted octanol–water partition coefficient (Wildman–Crippen LogP) is 7.59. The average molecular weight is 321 g/mol. The summed E-state index contributed by atoms with van der Waals surface area (Å²) in [6.07, 6.45) is 29.3. The monoisotopic (exact) mass is 320 g/mol. The van der Waals surface area contributed by atoms with Crippen LogP contribution >= 0.6 is 0 Å². The van der Waals surface area contributed by atoms with Crippen LogP contribution in [-0.2, 0) is 0 Å². The maximum atomic E-state index is 2.11. The van der Waals surface area contributed by atoms with E-state index in [1.165, 1.54) is 22.3 Å². The van der Waals surface area contributed by atoms with Gasteiger partial charge in [-0.05, 0) is 41.5 Å². The molecule has 0 unspecified atom stereocenters. The van der Waals surface area contributed by atoms with Gasteiger partial charge in [0, 0.05) is 0 Å². The fraction of sp³-hybridized carbons (Fsp3) is 0.250. The second kappa shape index (κ2) is 14.3. The molecule has 0 saturated heterocycles. The van der Waals surface area contributed by atoms with Crippen molar-refractivity contribution in [2.75, 3.05) is 0 Å². The third-order valence-electron chi connectivity index (χ3n) is 3.12. The van der Waals surface area contributed by atoms with Crippen LogP contribution in [0, 0.1) is 0 Å². The zero-order chi connectivity index (χ0) is 18.2. The Morgan fingerprint density at radius 1 is 0.417 bits per heavy atom. The molecule has 0 nitrogen and oxygen atoms in total. The van der Waals surface area contributed by atoms with Crippen molar-refractivity contribution in [1.29, 1.82) is 0 Å². The molecule has 0 aromatic rings. The Bertz CT molecular complexity index is 565. The Morgan fingerprint density at radius 2 is 0.708 bits per heavy atom. The summed E-state index contributed by atoms with van der Waals surface area (Å²) < 4.78 is 0. The van der Waals surface area contributed by atoms with Crippen molar-refractivity contribution in [2.24, 2.45) is 0 Å². The Morgan fingerprint density at radius 3 is 1.04 bits per heavy atom. The van der Waals surface area contributed by atoms with Gasteiger partial charge in [0.2, 0.25) is 0 Å². The molecule has 0 atom stereocenters. The van der Waals surface area contributed by atoms with Crippen molar-refractivity contribution >= 4 is 0 Å². The number of hydrogen-bond donors (Lipinski definition) is 0. The van der Waals surface area contributed by atoms with E-state index in [-0.39, 0.29) is 0 Å². The quantitative estimate of drug-likeness (QED) is 0.404. The van der Waals surface area contributed by atoms with E-state index in [2.05, 4.69) is 101 Å². The van der Waals surface area contributed by atoms with Crippen molar-refractivity contribution < 1.29 is 0 Å². The molecule has 0 fully saturated rings. The smallest absolute Gasteiger partial charge is 0.0398 e. The summed E-state index contributed by atoms with van der Waals surface area (Å²) in [4.78, 5) is 0. The normalized spacial score (nSPS) is 16.1. The van der Waals surface area contributed by atoms with E-state index in [9.17, 15) is 0 Å². The van der Waals surface area contributed by atoms with Crippen LogP contribution in [0.25, 0.3) is 0 Å². The molecule has 0 aromatic heterocycles. The Hall–Kier alpha value is -2.34. The van der Waals surface area contributed by atoms with Crippen LogP contribution in [0.3, 0.4) is 0 Å². The topological polar surface area (TPSA) is 0 Å². The Labute approximate surface area is 149 Å². The van der Waals surface area contributed by atoms with Crippen molar-refractivity contribution in [3.05, 3.63) is 107 Å². The highest BCUT2D eigenvalue weighted by Gasteiger charge is 1.81. The van der Waals surface area contributed by atoms with Crippen LogP contribution in [0.4, 0.5) is 0 Å². The molecule has 0 aromatic carbocycles. The summed E-state index contributed by atoms with van der Waals surface area (Å²) in [6.45, 7) is 12.5. The zero-order valence-corrected chi connectivity index (χ0v) is 16.1. The van der Waals surface area contributed by atoms with Gasteiger partial charge in [-0.3, -0.25) is 0 Å². The van der Waals surface area contributed by atoms with Crippen LogP contribution in [-0.4, -0.2) is 0 Å². The highest BCUT2D eigenvalue weighted by Crippen LogP contribution is 2.02. The van der Waals surface area contributed by atoms with Crippen molar-refractivity contribution in [3.63, 3.8) is 0 Å². The highest BCUT2D eigenvalue weighted by atomic mass is 13.9. The van der Waals surface area contributed by atoms with E-state index < -0.39 is 0 Å². The molecule has 128 valence electrons. The molecule has 0 spiro atoms. The van der Waals surface area contributed by atoms with Gasteiger partial charge in [0.05, 0.1) is 0 Å². The van der Waals surface area contributed by atoms with Gasteiger partial charge in [0.15, 0.2) is 0 Å². The molecule has 0 radical (unpaired) electrons. The van der Waals surface area contributed by atoms with Gasteiger partial charge in [-0.1, -0.05) is 107 Å². The molecule has 0 heteroatoms. The lowest BCUT2D eigenvalue weighted by atomic mass is 10.2. The highest BCUT2D eigenvalue weighted by molar-refractivity contribution is 5.31. The third-order valence-corrected chi connectivity index (χ3v) is 3.12. The van der Waals surface area contributed by atoms with Crippen LogP contribution in [0.15, 0.2) is 107 Å². The molecule has 0 rings (SSSR count). The number of hydrogen-bond acceptors (Lipinski definition) is 0. The molecule has 0 aliphatic heterocycles. The molecule has 0 bridgehead atoms. The van der Waals surface area contributed by atoms with Crippen LogP contribution < -0.4 is 0 Å². The zero-order valence-electron chi connectivity index (χ0n) is 16.1. The van der Waals surface area contributed by atoms with E-state index in [0.29, 0.717) is 0 Å². The van der Waals surface area contributed by atoms with Crippen molar-refractivity contribution in [1.82, 2.24) is 0 Å². The van der Waals surface area contributed by atoms with Gasteiger partial charge in [-0.2, -0.15) is 0 Å². The van der Waals surface area contributed by atoms with Gasteiger partial charge in [0.1, 0.15) is 0 Å². The molecular formula is C24H32. The lowest BCUT2D eigenvalue weighted by Crippen LogP contribution is -1.69. The second-order valence-electron chi connectivity index (χ2n) is 5.75. The van der Waals surface area contributed by atoms with Crippen LogP contribution in [0.1, 0.15) is 41.5 Å². The number of allylic oxidation sites excluding steroid dienone is 18. The molecule has 0 saturated carbocycles. The molecule has 0 amide bonds. The predicted molar refractivity (Wildman–Crippen MR) is 112 cm³/mol. The van der Waals surface area contributed by atoms with Gasteiger partial charge < -0.3 is 0 Å². The minimum atomic E-state index is 1.22. The first-order valence-corrected chi connectivity index (χ1v) is 8.46. The first-order chi connectivity index (χ1) is 11.5. The summed E-state index contributed by atoms with van der Waals surface area (Å²) >= 11 is 0. The van der Waals surface area contributed by atoms with Gasteiger partial charge in [-0.25, -0.2) is 0 Å². The van der Waals surface area contributed by atoms with Gasteiger partial charge in [0.25, 0.3) is 0 Å². The lowest BCUT2D eigenvalue weighted by Gasteiger charge is -1.90. The summed E-state index contributed by atoms with van der Waals surface area (Å²) in [5, 5.41) is 0. The van der Waals surface area contributed by atoms with E-state index in [1.807, 2.05) is 26.0 Å². The number of rotatable bonds is 8. The third kappa shape index (κ3) is 13.3. The van der Waals surface area contributed by atoms with Crippen molar-refractivity contribution in [3.8, 4) is 0 Å². The average Bonchev–Trinajstić information content (AvgIpc) is 2.52. The van der Waals surface area contributed by atoms with Crippen LogP contribution in [0.2, 0.25) is 0 Å². The van der Waals surface area contributed by atoms with Crippen molar-refractivity contribution in [2.45, 2.75) is 41.5 Å². The molecule has 0 aliphatic carbocycles.